The molecule has 2 aromatic rings. The number of hydrogen-bond acceptors (Lipinski definition) is 7. The number of rotatable bonds is 6. The van der Waals surface area contributed by atoms with E-state index >= 15 is 0 Å². The van der Waals surface area contributed by atoms with Crippen LogP contribution in [-0.4, -0.2) is 52.5 Å². The highest BCUT2D eigenvalue weighted by molar-refractivity contribution is 7.91. The molecule has 2 aliphatic heterocycles. The number of carbonyl (C=O) groups excluding carboxylic acids is 1. The summed E-state index contributed by atoms with van der Waals surface area (Å²) in [7, 11) is -3.34. The summed E-state index contributed by atoms with van der Waals surface area (Å²) in [6.07, 6.45) is 4.58. The van der Waals surface area contributed by atoms with Gasteiger partial charge in [-0.2, -0.15) is 0 Å². The Morgan fingerprint density at radius 3 is 2.83 bits per heavy atom. The molecule has 4 rings (SSSR count). The van der Waals surface area contributed by atoms with Crippen LogP contribution in [0.5, 0.6) is 0 Å². The van der Waals surface area contributed by atoms with Gasteiger partial charge >= 0.3 is 0 Å². The van der Waals surface area contributed by atoms with Gasteiger partial charge in [-0.3, -0.25) is 9.78 Å². The number of amides is 1. The van der Waals surface area contributed by atoms with E-state index in [1.54, 1.807) is 17.3 Å². The van der Waals surface area contributed by atoms with Crippen LogP contribution in [0.2, 0.25) is 0 Å². The van der Waals surface area contributed by atoms with Crippen LogP contribution in [0.25, 0.3) is 0 Å². The summed E-state index contributed by atoms with van der Waals surface area (Å²) in [5.74, 6) is 0.529. The van der Waals surface area contributed by atoms with Gasteiger partial charge < -0.3 is 10.2 Å². The zero-order chi connectivity index (χ0) is 21.3. The number of fused-ring (bicyclic) bond motifs is 3. The molecule has 9 heteroatoms. The van der Waals surface area contributed by atoms with Gasteiger partial charge in [-0.15, -0.1) is 0 Å². The molecule has 1 N–H and O–H groups in total. The molecule has 0 saturated carbocycles. The Labute approximate surface area is 177 Å². The van der Waals surface area contributed by atoms with Gasteiger partial charge in [0.1, 0.15) is 0 Å². The van der Waals surface area contributed by atoms with Crippen LogP contribution in [0.15, 0.2) is 30.6 Å². The third-order valence-electron chi connectivity index (χ3n) is 5.78. The molecular weight excluding hydrogens is 402 g/mol. The highest BCUT2D eigenvalue weighted by Crippen LogP contribution is 2.39. The Balaban J connectivity index is 1.54. The first-order valence-electron chi connectivity index (χ1n) is 10.3. The molecule has 1 saturated heterocycles. The number of pyridine rings is 1. The maximum absolute atomic E-state index is 12.8. The average Bonchev–Trinajstić information content (AvgIpc) is 3.18. The van der Waals surface area contributed by atoms with E-state index < -0.39 is 15.1 Å². The lowest BCUT2D eigenvalue weighted by Crippen LogP contribution is -2.35. The topological polar surface area (TPSA) is 105 Å². The number of hydrogen-bond donors (Lipinski definition) is 1. The van der Waals surface area contributed by atoms with Gasteiger partial charge in [-0.1, -0.05) is 19.9 Å². The highest BCUT2D eigenvalue weighted by Gasteiger charge is 2.48. The third-order valence-corrected chi connectivity index (χ3v) is 7.89. The fourth-order valence-electron chi connectivity index (χ4n) is 4.11. The second kappa shape index (κ2) is 8.29. The minimum Gasteiger partial charge on any atom is -0.349 e. The lowest BCUT2D eigenvalue weighted by Gasteiger charge is -2.26. The van der Waals surface area contributed by atoms with Crippen LogP contribution in [0.4, 0.5) is 5.95 Å². The maximum atomic E-state index is 12.8. The predicted octanol–water partition coefficient (Wildman–Crippen LogP) is 2.14. The van der Waals surface area contributed by atoms with Crippen molar-refractivity contribution in [2.75, 3.05) is 18.4 Å². The van der Waals surface area contributed by atoms with Crippen molar-refractivity contribution < 1.29 is 13.2 Å². The van der Waals surface area contributed by atoms with Gasteiger partial charge in [-0.25, -0.2) is 18.4 Å². The summed E-state index contributed by atoms with van der Waals surface area (Å²) < 4.78 is 25.7. The molecule has 2 aromatic heterocycles. The van der Waals surface area contributed by atoms with Crippen molar-refractivity contribution in [3.8, 4) is 0 Å². The summed E-state index contributed by atoms with van der Waals surface area (Å²) >= 11 is 0. The summed E-state index contributed by atoms with van der Waals surface area (Å²) in [6.45, 7) is 5.28. The standard InChI is InChI=1S/C21H27N5O3S/c1-14(2)6-7-19(27)26-11-17-18(12-26)30(28,29)13-15-9-23-21(25-20(15)17)24-10-16-5-3-4-8-22-16/h3-5,8-9,14,17-18H,6-7,10-13H2,1-2H3,(H,23,24,25)/t17-,18+/m1/s1. The molecule has 30 heavy (non-hydrogen) atoms. The van der Waals surface area contributed by atoms with E-state index in [1.807, 2.05) is 18.2 Å². The maximum Gasteiger partial charge on any atom is 0.223 e. The van der Waals surface area contributed by atoms with E-state index in [-0.39, 0.29) is 24.1 Å². The van der Waals surface area contributed by atoms with E-state index in [1.165, 1.54) is 0 Å². The molecule has 1 fully saturated rings. The van der Waals surface area contributed by atoms with E-state index in [0.717, 1.165) is 17.8 Å². The molecule has 0 unspecified atom stereocenters. The molecule has 1 amide bonds. The molecule has 4 heterocycles. The fraction of sp³-hybridized carbons (Fsp3) is 0.524. The van der Waals surface area contributed by atoms with E-state index in [2.05, 4.69) is 34.1 Å². The third kappa shape index (κ3) is 4.30. The summed E-state index contributed by atoms with van der Waals surface area (Å²) in [5, 5.41) is 2.57. The number of anilines is 1. The second-order valence-corrected chi connectivity index (χ2v) is 10.7. The van der Waals surface area contributed by atoms with Gasteiger partial charge in [0.2, 0.25) is 11.9 Å². The predicted molar refractivity (Wildman–Crippen MR) is 113 cm³/mol. The molecule has 2 atom stereocenters. The lowest BCUT2D eigenvalue weighted by molar-refractivity contribution is -0.130. The Morgan fingerprint density at radius 1 is 1.27 bits per heavy atom. The molecule has 8 nitrogen and oxygen atoms in total. The van der Waals surface area contributed by atoms with Gasteiger partial charge in [0.05, 0.1) is 28.9 Å². The first kappa shape index (κ1) is 20.7. The van der Waals surface area contributed by atoms with Gasteiger partial charge in [0, 0.05) is 43.4 Å². The van der Waals surface area contributed by atoms with Crippen molar-refractivity contribution in [2.45, 2.75) is 50.2 Å². The zero-order valence-corrected chi connectivity index (χ0v) is 18.1. The molecular formula is C21H27N5O3S. The normalized spacial score (nSPS) is 21.9. The summed E-state index contributed by atoms with van der Waals surface area (Å²) in [4.78, 5) is 27.5. The smallest absolute Gasteiger partial charge is 0.223 e. The van der Waals surface area contributed by atoms with Crippen molar-refractivity contribution in [2.24, 2.45) is 5.92 Å². The quantitative estimate of drug-likeness (QED) is 0.750. The minimum absolute atomic E-state index is 0.0254. The SMILES string of the molecule is CC(C)CCC(=O)N1C[C@H]2c3nc(NCc4ccccn4)ncc3CS(=O)(=O)[C@H]2C1. The van der Waals surface area contributed by atoms with Crippen LogP contribution in [0.1, 0.15) is 49.6 Å². The summed E-state index contributed by atoms with van der Waals surface area (Å²) in [6, 6.07) is 5.68. The van der Waals surface area contributed by atoms with Crippen molar-refractivity contribution in [3.63, 3.8) is 0 Å². The fourth-order valence-corrected chi connectivity index (χ4v) is 6.10. The molecule has 0 aliphatic carbocycles. The van der Waals surface area contributed by atoms with Crippen LogP contribution >= 0.6 is 0 Å². The first-order chi connectivity index (χ1) is 14.3. The van der Waals surface area contributed by atoms with Crippen LogP contribution in [-0.2, 0) is 26.9 Å². The van der Waals surface area contributed by atoms with E-state index in [4.69, 9.17) is 0 Å². The van der Waals surface area contributed by atoms with Crippen molar-refractivity contribution in [1.29, 1.82) is 0 Å². The number of aromatic nitrogens is 3. The average molecular weight is 430 g/mol. The summed E-state index contributed by atoms with van der Waals surface area (Å²) in [5.41, 5.74) is 2.24. The largest absolute Gasteiger partial charge is 0.349 e. The van der Waals surface area contributed by atoms with Crippen molar-refractivity contribution in [3.05, 3.63) is 47.5 Å². The van der Waals surface area contributed by atoms with Crippen LogP contribution < -0.4 is 5.32 Å². The number of sulfone groups is 1. The molecule has 0 radical (unpaired) electrons. The Hall–Kier alpha value is -2.55. The lowest BCUT2D eigenvalue weighted by atomic mass is 10.00. The molecule has 2 aliphatic rings. The zero-order valence-electron chi connectivity index (χ0n) is 17.3. The van der Waals surface area contributed by atoms with Gasteiger partial charge in [0.15, 0.2) is 9.84 Å². The molecule has 160 valence electrons. The number of likely N-dealkylation sites (tertiary alicyclic amines) is 1. The number of carbonyl (C=O) groups is 1. The first-order valence-corrected chi connectivity index (χ1v) is 12.0. The van der Waals surface area contributed by atoms with Crippen molar-refractivity contribution >= 4 is 21.7 Å². The molecule has 0 aromatic carbocycles. The monoisotopic (exact) mass is 429 g/mol. The number of nitrogens with zero attached hydrogens (tertiary/aromatic N) is 4. The highest BCUT2D eigenvalue weighted by atomic mass is 32.2. The van der Waals surface area contributed by atoms with E-state index in [0.29, 0.717) is 36.9 Å². The second-order valence-electron chi connectivity index (χ2n) is 8.46. The van der Waals surface area contributed by atoms with Crippen molar-refractivity contribution in [1.82, 2.24) is 19.9 Å². The minimum atomic E-state index is -3.34. The Bertz CT molecular complexity index is 1030. The Morgan fingerprint density at radius 2 is 2.10 bits per heavy atom. The molecule has 0 spiro atoms. The van der Waals surface area contributed by atoms with E-state index in [9.17, 15) is 13.2 Å². The number of nitrogens with one attached hydrogen (secondary N) is 1. The van der Waals surface area contributed by atoms with Gasteiger partial charge in [-0.05, 0) is 24.5 Å². The van der Waals surface area contributed by atoms with Crippen LogP contribution in [0.3, 0.4) is 0 Å². The van der Waals surface area contributed by atoms with Crippen LogP contribution in [0, 0.1) is 5.92 Å². The van der Waals surface area contributed by atoms with Gasteiger partial charge in [0.25, 0.3) is 0 Å². The Kier molecular flexibility index (Phi) is 5.73. The molecule has 0 bridgehead atoms.